The molecule has 90 valence electrons. The van der Waals surface area contributed by atoms with Crippen LogP contribution in [-0.2, 0) is 6.42 Å². The molecule has 0 aliphatic carbocycles. The highest BCUT2D eigenvalue weighted by Gasteiger charge is 2.11. The molecule has 0 unspecified atom stereocenters. The van der Waals surface area contributed by atoms with Crippen molar-refractivity contribution in [3.8, 4) is 5.88 Å². The summed E-state index contributed by atoms with van der Waals surface area (Å²) in [6.45, 7) is 7.08. The zero-order valence-electron chi connectivity index (χ0n) is 10.4. The number of anilines is 2. The van der Waals surface area contributed by atoms with Gasteiger partial charge in [0.2, 0.25) is 5.88 Å². The fraction of sp³-hybridized carbons (Fsp3) is 0.636. The minimum atomic E-state index is 0.443. The zero-order chi connectivity index (χ0) is 12.1. The van der Waals surface area contributed by atoms with Gasteiger partial charge >= 0.3 is 0 Å². The van der Waals surface area contributed by atoms with E-state index in [4.69, 9.17) is 10.5 Å². The number of ether oxygens (including phenoxy) is 1. The molecule has 0 saturated carbocycles. The van der Waals surface area contributed by atoms with Gasteiger partial charge in [0.15, 0.2) is 5.82 Å². The summed E-state index contributed by atoms with van der Waals surface area (Å²) < 4.78 is 5.12. The quantitative estimate of drug-likeness (QED) is 0.796. The Labute approximate surface area is 96.4 Å². The number of aromatic nitrogens is 2. The van der Waals surface area contributed by atoms with Crippen LogP contribution in [0.3, 0.4) is 0 Å². The van der Waals surface area contributed by atoms with Gasteiger partial charge in [-0.1, -0.05) is 20.8 Å². The minimum absolute atomic E-state index is 0.443. The monoisotopic (exact) mass is 224 g/mol. The van der Waals surface area contributed by atoms with Crippen LogP contribution in [0.25, 0.3) is 0 Å². The first-order valence-corrected chi connectivity index (χ1v) is 5.52. The molecule has 0 aliphatic heterocycles. The first kappa shape index (κ1) is 12.5. The summed E-state index contributed by atoms with van der Waals surface area (Å²) in [5, 5.41) is 3.21. The Morgan fingerprint density at radius 2 is 2.06 bits per heavy atom. The summed E-state index contributed by atoms with van der Waals surface area (Å²) in [7, 11) is 1.56. The number of nitrogens with one attached hydrogen (secondary N) is 1. The van der Waals surface area contributed by atoms with E-state index in [1.807, 2.05) is 6.92 Å². The van der Waals surface area contributed by atoms with E-state index in [0.29, 0.717) is 23.3 Å². The van der Waals surface area contributed by atoms with E-state index in [0.717, 1.165) is 18.8 Å². The summed E-state index contributed by atoms with van der Waals surface area (Å²) in [5.74, 6) is 2.37. The predicted octanol–water partition coefficient (Wildman–Crippen LogP) is 1.70. The van der Waals surface area contributed by atoms with Crippen molar-refractivity contribution in [1.82, 2.24) is 9.97 Å². The Morgan fingerprint density at radius 3 is 2.56 bits per heavy atom. The second kappa shape index (κ2) is 5.53. The second-order valence-corrected chi connectivity index (χ2v) is 4.04. The fourth-order valence-electron chi connectivity index (χ4n) is 1.24. The van der Waals surface area contributed by atoms with Gasteiger partial charge in [0.25, 0.3) is 0 Å². The average Bonchev–Trinajstić information content (AvgIpc) is 2.27. The number of nitrogens with zero attached hydrogens (tertiary/aromatic N) is 2. The summed E-state index contributed by atoms with van der Waals surface area (Å²) in [6.07, 6.45) is 0.757. The van der Waals surface area contributed by atoms with E-state index in [1.165, 1.54) is 0 Å². The fourth-order valence-corrected chi connectivity index (χ4v) is 1.24. The van der Waals surface area contributed by atoms with Gasteiger partial charge in [-0.2, -0.15) is 4.98 Å². The van der Waals surface area contributed by atoms with Gasteiger partial charge in [-0.05, 0) is 5.92 Å². The average molecular weight is 224 g/mol. The third kappa shape index (κ3) is 2.98. The Kier molecular flexibility index (Phi) is 4.34. The SMILES string of the molecule is CCc1nc(NCC(C)C)c(N)c(OC)n1. The topological polar surface area (TPSA) is 73.1 Å². The largest absolute Gasteiger partial charge is 0.479 e. The molecule has 1 rings (SSSR count). The summed E-state index contributed by atoms with van der Waals surface area (Å²) in [6, 6.07) is 0. The maximum Gasteiger partial charge on any atom is 0.242 e. The minimum Gasteiger partial charge on any atom is -0.479 e. The van der Waals surface area contributed by atoms with Gasteiger partial charge in [-0.15, -0.1) is 0 Å². The summed E-state index contributed by atoms with van der Waals surface area (Å²) >= 11 is 0. The van der Waals surface area contributed by atoms with Gasteiger partial charge in [0, 0.05) is 13.0 Å². The molecular formula is C11H20N4O. The molecule has 0 radical (unpaired) electrons. The number of hydrogen-bond donors (Lipinski definition) is 2. The number of aryl methyl sites for hydroxylation is 1. The molecule has 1 aromatic rings. The van der Waals surface area contributed by atoms with Crippen LogP contribution in [0.4, 0.5) is 11.5 Å². The first-order chi connectivity index (χ1) is 7.58. The molecule has 16 heavy (non-hydrogen) atoms. The van der Waals surface area contributed by atoms with Crippen molar-refractivity contribution in [3.63, 3.8) is 0 Å². The van der Waals surface area contributed by atoms with Crippen molar-refractivity contribution in [2.75, 3.05) is 24.7 Å². The Balaban J connectivity index is 2.96. The molecule has 0 fully saturated rings. The molecule has 0 bridgehead atoms. The molecule has 0 saturated heterocycles. The molecular weight excluding hydrogens is 204 g/mol. The molecule has 5 heteroatoms. The molecule has 1 heterocycles. The van der Waals surface area contributed by atoms with Crippen molar-refractivity contribution in [2.45, 2.75) is 27.2 Å². The van der Waals surface area contributed by atoms with E-state index >= 15 is 0 Å². The van der Waals surface area contributed by atoms with Gasteiger partial charge in [-0.25, -0.2) is 4.98 Å². The molecule has 3 N–H and O–H groups in total. The molecule has 0 amide bonds. The smallest absolute Gasteiger partial charge is 0.242 e. The van der Waals surface area contributed by atoms with Gasteiger partial charge in [0.05, 0.1) is 7.11 Å². The van der Waals surface area contributed by atoms with Crippen molar-refractivity contribution < 1.29 is 4.74 Å². The van der Waals surface area contributed by atoms with Crippen molar-refractivity contribution in [1.29, 1.82) is 0 Å². The predicted molar refractivity (Wildman–Crippen MR) is 65.7 cm³/mol. The van der Waals surface area contributed by atoms with Crippen molar-refractivity contribution in [3.05, 3.63) is 5.82 Å². The molecule has 0 aromatic carbocycles. The van der Waals surface area contributed by atoms with Crippen LogP contribution in [-0.4, -0.2) is 23.6 Å². The van der Waals surface area contributed by atoms with Gasteiger partial charge in [-0.3, -0.25) is 0 Å². The molecule has 0 aliphatic rings. The number of nitrogen functional groups attached to an aromatic ring is 1. The lowest BCUT2D eigenvalue weighted by Crippen LogP contribution is -2.13. The van der Waals surface area contributed by atoms with Crippen LogP contribution in [0.1, 0.15) is 26.6 Å². The van der Waals surface area contributed by atoms with Crippen LogP contribution in [0, 0.1) is 5.92 Å². The number of rotatable bonds is 5. The van der Waals surface area contributed by atoms with Crippen LogP contribution in [0.5, 0.6) is 5.88 Å². The van der Waals surface area contributed by atoms with E-state index in [-0.39, 0.29) is 0 Å². The number of nitrogens with two attached hydrogens (primary N) is 1. The van der Waals surface area contributed by atoms with E-state index < -0.39 is 0 Å². The molecule has 0 atom stereocenters. The molecule has 5 nitrogen and oxygen atoms in total. The number of hydrogen-bond acceptors (Lipinski definition) is 5. The lowest BCUT2D eigenvalue weighted by Gasteiger charge is -2.13. The highest BCUT2D eigenvalue weighted by atomic mass is 16.5. The molecule has 1 aromatic heterocycles. The lowest BCUT2D eigenvalue weighted by atomic mass is 10.2. The summed E-state index contributed by atoms with van der Waals surface area (Å²) in [4.78, 5) is 8.54. The van der Waals surface area contributed by atoms with Crippen molar-refractivity contribution in [2.24, 2.45) is 5.92 Å². The van der Waals surface area contributed by atoms with Crippen LogP contribution in [0.15, 0.2) is 0 Å². The van der Waals surface area contributed by atoms with Crippen LogP contribution >= 0.6 is 0 Å². The van der Waals surface area contributed by atoms with E-state index in [2.05, 4.69) is 29.1 Å². The van der Waals surface area contributed by atoms with E-state index in [9.17, 15) is 0 Å². The first-order valence-electron chi connectivity index (χ1n) is 5.52. The van der Waals surface area contributed by atoms with Gasteiger partial charge < -0.3 is 15.8 Å². The Bertz CT molecular complexity index is 352. The third-order valence-electron chi connectivity index (χ3n) is 2.14. The lowest BCUT2D eigenvalue weighted by molar-refractivity contribution is 0.397. The zero-order valence-corrected chi connectivity index (χ0v) is 10.4. The van der Waals surface area contributed by atoms with E-state index in [1.54, 1.807) is 7.11 Å². The Hall–Kier alpha value is -1.52. The Morgan fingerprint density at radius 1 is 1.38 bits per heavy atom. The molecule has 0 spiro atoms. The van der Waals surface area contributed by atoms with Crippen molar-refractivity contribution >= 4 is 11.5 Å². The van der Waals surface area contributed by atoms with Crippen LogP contribution < -0.4 is 15.8 Å². The highest BCUT2D eigenvalue weighted by Crippen LogP contribution is 2.25. The van der Waals surface area contributed by atoms with Crippen LogP contribution in [0.2, 0.25) is 0 Å². The number of methoxy groups -OCH3 is 1. The van der Waals surface area contributed by atoms with Gasteiger partial charge in [0.1, 0.15) is 11.5 Å². The normalized spacial score (nSPS) is 10.6. The summed E-state index contributed by atoms with van der Waals surface area (Å²) in [5.41, 5.74) is 6.36. The third-order valence-corrected chi connectivity index (χ3v) is 2.14. The second-order valence-electron chi connectivity index (χ2n) is 4.04. The maximum atomic E-state index is 5.89. The standard InChI is InChI=1S/C11H20N4O/c1-5-8-14-10(13-6-7(2)3)9(12)11(15-8)16-4/h7H,5-6,12H2,1-4H3,(H,13,14,15). The highest BCUT2D eigenvalue weighted by molar-refractivity contribution is 5.66. The maximum absolute atomic E-state index is 5.89.